The van der Waals surface area contributed by atoms with Crippen molar-refractivity contribution in [2.75, 3.05) is 19.5 Å². The number of aromatic nitrogens is 1. The van der Waals surface area contributed by atoms with Crippen molar-refractivity contribution in [2.24, 2.45) is 0 Å². The van der Waals surface area contributed by atoms with Crippen molar-refractivity contribution < 1.29 is 18.8 Å². The van der Waals surface area contributed by atoms with Gasteiger partial charge in [0.2, 0.25) is 5.91 Å². The Bertz CT molecular complexity index is 841. The van der Waals surface area contributed by atoms with E-state index in [0.29, 0.717) is 28.5 Å². The number of hydrogen-bond acceptors (Lipinski definition) is 5. The van der Waals surface area contributed by atoms with Gasteiger partial charge in [-0.15, -0.1) is 0 Å². The second-order valence-corrected chi connectivity index (χ2v) is 4.92. The van der Waals surface area contributed by atoms with Crippen LogP contribution in [0.4, 0.5) is 5.69 Å². The average Bonchev–Trinajstić information content (AvgIpc) is 2.98. The quantitative estimate of drug-likeness (QED) is 0.784. The largest absolute Gasteiger partial charge is 0.497 e. The van der Waals surface area contributed by atoms with E-state index in [4.69, 9.17) is 14.0 Å². The second-order valence-electron chi connectivity index (χ2n) is 4.92. The lowest BCUT2D eigenvalue weighted by Gasteiger charge is -2.11. The molecule has 1 N–H and O–H groups in total. The van der Waals surface area contributed by atoms with E-state index in [-0.39, 0.29) is 12.3 Å². The van der Waals surface area contributed by atoms with E-state index < -0.39 is 0 Å². The Hall–Kier alpha value is -3.02. The van der Waals surface area contributed by atoms with Crippen molar-refractivity contribution >= 4 is 22.6 Å². The Morgan fingerprint density at radius 1 is 1.17 bits per heavy atom. The van der Waals surface area contributed by atoms with Gasteiger partial charge in [0.15, 0.2) is 5.58 Å². The van der Waals surface area contributed by atoms with Crippen LogP contribution < -0.4 is 14.8 Å². The summed E-state index contributed by atoms with van der Waals surface area (Å²) in [6.07, 6.45) is 0.117. The number of benzene rings is 2. The van der Waals surface area contributed by atoms with Gasteiger partial charge >= 0.3 is 0 Å². The number of para-hydroxylation sites is 1. The summed E-state index contributed by atoms with van der Waals surface area (Å²) in [5, 5.41) is 7.61. The summed E-state index contributed by atoms with van der Waals surface area (Å²) in [6.45, 7) is 0. The summed E-state index contributed by atoms with van der Waals surface area (Å²) >= 11 is 0. The molecule has 1 amide bonds. The van der Waals surface area contributed by atoms with E-state index in [9.17, 15) is 4.79 Å². The summed E-state index contributed by atoms with van der Waals surface area (Å²) in [6, 6.07) is 12.6. The van der Waals surface area contributed by atoms with Crippen molar-refractivity contribution in [3.63, 3.8) is 0 Å². The van der Waals surface area contributed by atoms with Crippen LogP contribution in [-0.2, 0) is 11.2 Å². The van der Waals surface area contributed by atoms with Gasteiger partial charge in [-0.05, 0) is 24.3 Å². The SMILES string of the molecule is COc1ccc(NC(=O)Cc2noc3ccccc23)c(OC)c1. The van der Waals surface area contributed by atoms with E-state index in [2.05, 4.69) is 10.5 Å². The van der Waals surface area contributed by atoms with Gasteiger partial charge in [0, 0.05) is 11.5 Å². The normalized spacial score (nSPS) is 10.5. The molecule has 6 nitrogen and oxygen atoms in total. The summed E-state index contributed by atoms with van der Waals surface area (Å²) in [7, 11) is 3.11. The van der Waals surface area contributed by atoms with Crippen LogP contribution in [0.3, 0.4) is 0 Å². The molecule has 23 heavy (non-hydrogen) atoms. The Kier molecular flexibility index (Phi) is 4.14. The molecule has 0 aliphatic carbocycles. The fourth-order valence-electron chi connectivity index (χ4n) is 2.31. The topological polar surface area (TPSA) is 73.6 Å². The molecule has 1 aromatic heterocycles. The fraction of sp³-hybridized carbons (Fsp3) is 0.176. The molecule has 118 valence electrons. The zero-order valence-corrected chi connectivity index (χ0v) is 12.8. The molecule has 0 atom stereocenters. The van der Waals surface area contributed by atoms with Crippen LogP contribution >= 0.6 is 0 Å². The van der Waals surface area contributed by atoms with Gasteiger partial charge in [-0.2, -0.15) is 0 Å². The molecule has 2 aromatic carbocycles. The zero-order valence-electron chi connectivity index (χ0n) is 12.8. The van der Waals surface area contributed by atoms with Gasteiger partial charge in [-0.3, -0.25) is 4.79 Å². The number of rotatable bonds is 5. The van der Waals surface area contributed by atoms with Crippen LogP contribution in [0.1, 0.15) is 5.69 Å². The van der Waals surface area contributed by atoms with Gasteiger partial charge < -0.3 is 19.3 Å². The Morgan fingerprint density at radius 2 is 2.00 bits per heavy atom. The highest BCUT2D eigenvalue weighted by atomic mass is 16.5. The maximum absolute atomic E-state index is 12.3. The van der Waals surface area contributed by atoms with Crippen molar-refractivity contribution in [1.29, 1.82) is 0 Å². The third kappa shape index (κ3) is 3.11. The molecular formula is C17H16N2O4. The standard InChI is InChI=1S/C17H16N2O4/c1-21-11-7-8-13(16(9-11)22-2)18-17(20)10-14-12-5-3-4-6-15(12)23-19-14/h3-9H,10H2,1-2H3,(H,18,20). The fourth-order valence-corrected chi connectivity index (χ4v) is 2.31. The van der Waals surface area contributed by atoms with Crippen LogP contribution in [0.25, 0.3) is 11.0 Å². The first-order valence-corrected chi connectivity index (χ1v) is 7.06. The van der Waals surface area contributed by atoms with Gasteiger partial charge in [-0.1, -0.05) is 17.3 Å². The molecule has 0 fully saturated rings. The molecule has 3 rings (SSSR count). The third-order valence-corrected chi connectivity index (χ3v) is 3.46. The minimum Gasteiger partial charge on any atom is -0.497 e. The number of fused-ring (bicyclic) bond motifs is 1. The molecule has 0 bridgehead atoms. The summed E-state index contributed by atoms with van der Waals surface area (Å²) in [4.78, 5) is 12.3. The van der Waals surface area contributed by atoms with E-state index in [0.717, 1.165) is 5.39 Å². The number of nitrogens with zero attached hydrogens (tertiary/aromatic N) is 1. The van der Waals surface area contributed by atoms with Crippen LogP contribution in [0.2, 0.25) is 0 Å². The molecular weight excluding hydrogens is 296 g/mol. The van der Waals surface area contributed by atoms with E-state index in [1.807, 2.05) is 24.3 Å². The maximum atomic E-state index is 12.3. The smallest absolute Gasteiger partial charge is 0.230 e. The Labute approximate surface area is 133 Å². The molecule has 0 saturated heterocycles. The van der Waals surface area contributed by atoms with E-state index >= 15 is 0 Å². The van der Waals surface area contributed by atoms with Crippen molar-refractivity contribution in [1.82, 2.24) is 5.16 Å². The molecule has 6 heteroatoms. The predicted molar refractivity (Wildman–Crippen MR) is 85.9 cm³/mol. The molecule has 0 aliphatic heterocycles. The Morgan fingerprint density at radius 3 is 2.78 bits per heavy atom. The van der Waals surface area contributed by atoms with E-state index in [1.165, 1.54) is 7.11 Å². The van der Waals surface area contributed by atoms with Crippen molar-refractivity contribution in [3.05, 3.63) is 48.2 Å². The number of carbonyl (C=O) groups is 1. The highest BCUT2D eigenvalue weighted by Crippen LogP contribution is 2.29. The number of carbonyl (C=O) groups excluding carboxylic acids is 1. The maximum Gasteiger partial charge on any atom is 0.230 e. The molecule has 0 spiro atoms. The molecule has 0 radical (unpaired) electrons. The lowest BCUT2D eigenvalue weighted by molar-refractivity contribution is -0.115. The highest BCUT2D eigenvalue weighted by Gasteiger charge is 2.14. The van der Waals surface area contributed by atoms with Gasteiger partial charge in [0.25, 0.3) is 0 Å². The van der Waals surface area contributed by atoms with Gasteiger partial charge in [-0.25, -0.2) is 0 Å². The lowest BCUT2D eigenvalue weighted by atomic mass is 10.1. The second kappa shape index (κ2) is 6.39. The van der Waals surface area contributed by atoms with Gasteiger partial charge in [0.05, 0.1) is 26.3 Å². The highest BCUT2D eigenvalue weighted by molar-refractivity contribution is 5.95. The van der Waals surface area contributed by atoms with Crippen LogP contribution in [0.5, 0.6) is 11.5 Å². The minimum absolute atomic E-state index is 0.117. The first-order valence-electron chi connectivity index (χ1n) is 7.06. The third-order valence-electron chi connectivity index (χ3n) is 3.46. The van der Waals surface area contributed by atoms with Crippen LogP contribution in [-0.4, -0.2) is 25.3 Å². The number of methoxy groups -OCH3 is 2. The van der Waals surface area contributed by atoms with Crippen LogP contribution in [0, 0.1) is 0 Å². The summed E-state index contributed by atoms with van der Waals surface area (Å²) in [5.41, 5.74) is 1.84. The summed E-state index contributed by atoms with van der Waals surface area (Å²) < 4.78 is 15.6. The van der Waals surface area contributed by atoms with Gasteiger partial charge in [0.1, 0.15) is 17.2 Å². The molecule has 1 heterocycles. The van der Waals surface area contributed by atoms with Crippen molar-refractivity contribution in [2.45, 2.75) is 6.42 Å². The zero-order chi connectivity index (χ0) is 16.2. The minimum atomic E-state index is -0.201. The predicted octanol–water partition coefficient (Wildman–Crippen LogP) is 3.03. The number of hydrogen-bond donors (Lipinski definition) is 1. The lowest BCUT2D eigenvalue weighted by Crippen LogP contribution is -2.15. The number of nitrogens with one attached hydrogen (secondary N) is 1. The Balaban J connectivity index is 1.77. The molecule has 3 aromatic rings. The van der Waals surface area contributed by atoms with Crippen LogP contribution in [0.15, 0.2) is 47.0 Å². The number of anilines is 1. The summed E-state index contributed by atoms with van der Waals surface area (Å²) in [5.74, 6) is 0.984. The van der Waals surface area contributed by atoms with Crippen molar-refractivity contribution in [3.8, 4) is 11.5 Å². The molecule has 0 aliphatic rings. The average molecular weight is 312 g/mol. The monoisotopic (exact) mass is 312 g/mol. The number of amides is 1. The first-order chi connectivity index (χ1) is 11.2. The molecule has 0 saturated carbocycles. The number of ether oxygens (including phenoxy) is 2. The molecule has 0 unspecified atom stereocenters. The first kappa shape index (κ1) is 14.9. The van der Waals surface area contributed by atoms with E-state index in [1.54, 1.807) is 25.3 Å².